The molecule has 152 valence electrons. The number of sulfonamides is 1. The first-order valence-electron chi connectivity index (χ1n) is 9.34. The van der Waals surface area contributed by atoms with E-state index in [-0.39, 0.29) is 17.4 Å². The van der Waals surface area contributed by atoms with Crippen LogP contribution in [-0.2, 0) is 34.1 Å². The van der Waals surface area contributed by atoms with Crippen LogP contribution in [0.15, 0.2) is 53.6 Å². The van der Waals surface area contributed by atoms with Crippen LogP contribution in [0.4, 0.5) is 4.39 Å². The molecule has 0 radical (unpaired) electrons. The van der Waals surface area contributed by atoms with Crippen LogP contribution in [0.1, 0.15) is 23.2 Å². The topological polar surface area (TPSA) is 79.1 Å². The highest BCUT2D eigenvalue weighted by Crippen LogP contribution is 2.34. The normalized spacial score (nSPS) is 16.9. The van der Waals surface area contributed by atoms with Gasteiger partial charge in [0.25, 0.3) is 0 Å². The Morgan fingerprint density at radius 3 is 2.62 bits per heavy atom. The second-order valence-electron chi connectivity index (χ2n) is 7.30. The molecule has 1 unspecified atom stereocenters. The fourth-order valence-electron chi connectivity index (χ4n) is 4.18. The Kier molecular flexibility index (Phi) is 4.92. The monoisotopic (exact) mass is 416 g/mol. The van der Waals surface area contributed by atoms with Gasteiger partial charge in [0.2, 0.25) is 10.0 Å². The molecule has 1 atom stereocenters. The lowest BCUT2D eigenvalue weighted by Gasteiger charge is -2.31. The molecule has 29 heavy (non-hydrogen) atoms. The molecule has 2 heterocycles. The van der Waals surface area contributed by atoms with Gasteiger partial charge in [0, 0.05) is 30.5 Å². The number of aliphatic carboxylic acids is 1. The Hall–Kier alpha value is -2.71. The number of carboxylic acids is 1. The Balaban J connectivity index is 1.70. The van der Waals surface area contributed by atoms with Crippen LogP contribution in [0.3, 0.4) is 0 Å². The van der Waals surface area contributed by atoms with Crippen LogP contribution < -0.4 is 0 Å². The second kappa shape index (κ2) is 7.27. The van der Waals surface area contributed by atoms with Crippen molar-refractivity contribution in [2.24, 2.45) is 0 Å². The molecule has 6 nitrogen and oxygen atoms in total. The summed E-state index contributed by atoms with van der Waals surface area (Å²) < 4.78 is 42.4. The van der Waals surface area contributed by atoms with Gasteiger partial charge in [0.1, 0.15) is 5.82 Å². The maximum atomic E-state index is 13.2. The average molecular weight is 416 g/mol. The Morgan fingerprint density at radius 2 is 1.93 bits per heavy atom. The summed E-state index contributed by atoms with van der Waals surface area (Å²) >= 11 is 0. The van der Waals surface area contributed by atoms with E-state index >= 15 is 0 Å². The van der Waals surface area contributed by atoms with E-state index in [0.29, 0.717) is 19.3 Å². The van der Waals surface area contributed by atoms with Crippen molar-refractivity contribution in [3.63, 3.8) is 0 Å². The summed E-state index contributed by atoms with van der Waals surface area (Å²) in [5, 5.41) is 9.31. The zero-order valence-electron chi connectivity index (χ0n) is 15.9. The maximum absolute atomic E-state index is 13.2. The van der Waals surface area contributed by atoms with E-state index in [1.54, 1.807) is 7.05 Å². The number of halogens is 1. The average Bonchev–Trinajstić information content (AvgIpc) is 3.00. The van der Waals surface area contributed by atoms with Crippen LogP contribution >= 0.6 is 0 Å². The number of rotatable bonds is 5. The summed E-state index contributed by atoms with van der Waals surface area (Å²) in [7, 11) is -2.21. The molecule has 8 heteroatoms. The molecule has 2 aromatic heterocycles. The number of carboxylic acid groups (broad SMARTS) is 1. The lowest BCUT2D eigenvalue weighted by Crippen LogP contribution is -2.40. The van der Waals surface area contributed by atoms with Crippen LogP contribution in [0.25, 0.3) is 5.52 Å². The molecule has 3 aromatic rings. The third kappa shape index (κ3) is 3.42. The Morgan fingerprint density at radius 1 is 1.21 bits per heavy atom. The third-order valence-corrected chi connectivity index (χ3v) is 7.59. The predicted octanol–water partition coefficient (Wildman–Crippen LogP) is 2.88. The first-order chi connectivity index (χ1) is 13.8. The van der Waals surface area contributed by atoms with Gasteiger partial charge in [-0.05, 0) is 66.8 Å². The van der Waals surface area contributed by atoms with Gasteiger partial charge >= 0.3 is 5.97 Å². The zero-order valence-corrected chi connectivity index (χ0v) is 16.7. The first-order valence-corrected chi connectivity index (χ1v) is 10.8. The van der Waals surface area contributed by atoms with Gasteiger partial charge in [-0.2, -0.15) is 4.31 Å². The van der Waals surface area contributed by atoms with Gasteiger partial charge in [0.15, 0.2) is 0 Å². The van der Waals surface area contributed by atoms with E-state index < -0.39 is 21.8 Å². The van der Waals surface area contributed by atoms with Crippen molar-refractivity contribution in [2.75, 3.05) is 7.05 Å². The molecular weight excluding hydrogens is 395 g/mol. The molecule has 0 bridgehead atoms. The number of hydrogen-bond acceptors (Lipinski definition) is 3. The minimum absolute atomic E-state index is 0.0560. The molecule has 0 spiro atoms. The van der Waals surface area contributed by atoms with Gasteiger partial charge in [-0.15, -0.1) is 0 Å². The molecule has 4 rings (SSSR count). The minimum Gasteiger partial charge on any atom is -0.481 e. The number of fused-ring (bicyclic) bond motifs is 3. The van der Waals surface area contributed by atoms with Gasteiger partial charge in [-0.1, -0.05) is 6.07 Å². The summed E-state index contributed by atoms with van der Waals surface area (Å²) in [5.74, 6) is -1.38. The van der Waals surface area contributed by atoms with Gasteiger partial charge in [-0.3, -0.25) is 4.79 Å². The van der Waals surface area contributed by atoms with Crippen molar-refractivity contribution < 1.29 is 22.7 Å². The molecule has 1 aliphatic rings. The van der Waals surface area contributed by atoms with Crippen molar-refractivity contribution in [1.29, 1.82) is 0 Å². The maximum Gasteiger partial charge on any atom is 0.309 e. The number of likely N-dealkylation sites (N-methyl/N-ethyl adjacent to an activating group) is 1. The van der Waals surface area contributed by atoms with Gasteiger partial charge in [-0.25, -0.2) is 12.8 Å². The molecule has 1 N–H and O–H groups in total. The highest BCUT2D eigenvalue weighted by Gasteiger charge is 2.33. The number of aromatic nitrogens is 1. The van der Waals surface area contributed by atoms with Crippen molar-refractivity contribution in [1.82, 2.24) is 8.71 Å². The smallest absolute Gasteiger partial charge is 0.309 e. The van der Waals surface area contributed by atoms with Crippen molar-refractivity contribution in [3.8, 4) is 0 Å². The van der Waals surface area contributed by atoms with E-state index in [4.69, 9.17) is 0 Å². The molecular formula is C21H21FN2O4S. The predicted molar refractivity (Wildman–Crippen MR) is 106 cm³/mol. The van der Waals surface area contributed by atoms with Crippen molar-refractivity contribution in [3.05, 3.63) is 71.3 Å². The summed E-state index contributed by atoms with van der Waals surface area (Å²) in [6.45, 7) is 0. The van der Waals surface area contributed by atoms with E-state index in [1.165, 1.54) is 16.4 Å². The van der Waals surface area contributed by atoms with Crippen LogP contribution in [0.5, 0.6) is 0 Å². The largest absolute Gasteiger partial charge is 0.481 e. The second-order valence-corrected chi connectivity index (χ2v) is 9.30. The minimum atomic E-state index is -3.76. The van der Waals surface area contributed by atoms with E-state index in [1.807, 2.05) is 28.8 Å². The van der Waals surface area contributed by atoms with Crippen LogP contribution in [0.2, 0.25) is 0 Å². The number of nitrogens with zero attached hydrogens (tertiary/aromatic N) is 2. The van der Waals surface area contributed by atoms with Crippen molar-refractivity contribution >= 4 is 21.5 Å². The van der Waals surface area contributed by atoms with E-state index in [0.717, 1.165) is 34.5 Å². The molecule has 0 saturated heterocycles. The SMILES string of the molecule is CN(C1CCc2c(c3ccccn3c2CC(=O)O)C1)S(=O)(=O)c1ccc(F)cc1. The summed E-state index contributed by atoms with van der Waals surface area (Å²) in [4.78, 5) is 11.4. The van der Waals surface area contributed by atoms with Crippen LogP contribution in [0, 0.1) is 5.82 Å². The molecule has 1 aromatic carbocycles. The number of hydrogen-bond donors (Lipinski definition) is 1. The molecule has 0 saturated carbocycles. The lowest BCUT2D eigenvalue weighted by atomic mass is 9.88. The van der Waals surface area contributed by atoms with Crippen molar-refractivity contribution in [2.45, 2.75) is 36.6 Å². The summed E-state index contributed by atoms with van der Waals surface area (Å²) in [6, 6.07) is 10.2. The van der Waals surface area contributed by atoms with Gasteiger partial charge < -0.3 is 9.51 Å². The highest BCUT2D eigenvalue weighted by molar-refractivity contribution is 7.89. The first kappa shape index (κ1) is 19.6. The molecule has 0 aliphatic heterocycles. The zero-order chi connectivity index (χ0) is 20.8. The quantitative estimate of drug-likeness (QED) is 0.694. The summed E-state index contributed by atoms with van der Waals surface area (Å²) in [5.41, 5.74) is 3.67. The number of carbonyl (C=O) groups is 1. The number of pyridine rings is 1. The van der Waals surface area contributed by atoms with E-state index in [9.17, 15) is 22.7 Å². The number of benzene rings is 1. The fourth-order valence-corrected chi connectivity index (χ4v) is 5.57. The lowest BCUT2D eigenvalue weighted by molar-refractivity contribution is -0.136. The Labute approximate surface area is 168 Å². The standard InChI is InChI=1S/C21H21FN2O4S/c1-23(29(27,28)16-8-5-14(22)6-9-16)15-7-10-17-18(12-15)19-4-2-3-11-24(19)20(17)13-21(25)26/h2-6,8-9,11,15H,7,10,12-13H2,1H3,(H,25,26). The molecule has 1 aliphatic carbocycles. The van der Waals surface area contributed by atoms with E-state index in [2.05, 4.69) is 0 Å². The summed E-state index contributed by atoms with van der Waals surface area (Å²) in [6.07, 6.45) is 3.47. The third-order valence-electron chi connectivity index (χ3n) is 5.66. The Bertz CT molecular complexity index is 1190. The fraction of sp³-hybridized carbons (Fsp3) is 0.286. The molecule has 0 amide bonds. The highest BCUT2D eigenvalue weighted by atomic mass is 32.2. The molecule has 0 fully saturated rings. The van der Waals surface area contributed by atoms with Gasteiger partial charge in [0.05, 0.1) is 11.3 Å². The van der Waals surface area contributed by atoms with Crippen LogP contribution in [-0.4, -0.2) is 41.3 Å².